The maximum Gasteiger partial charge on any atom is 0.159 e. The summed E-state index contributed by atoms with van der Waals surface area (Å²) in [6.07, 6.45) is 0.709. The third kappa shape index (κ3) is 3.70. The maximum absolute atomic E-state index is 6.13. The average Bonchev–Trinajstić information content (AvgIpc) is 2.82. The lowest BCUT2D eigenvalue weighted by molar-refractivity contribution is -0.0507. The summed E-state index contributed by atoms with van der Waals surface area (Å²) in [5.41, 5.74) is 7.20. The Morgan fingerprint density at radius 1 is 1.22 bits per heavy atom. The SMILES string of the molecule is CC(C)Oc1ccc(C(N)CC2OCCO2)cc1. The molecule has 1 aromatic rings. The van der Waals surface area contributed by atoms with Crippen LogP contribution in [0.1, 0.15) is 31.9 Å². The van der Waals surface area contributed by atoms with Crippen molar-refractivity contribution >= 4 is 0 Å². The van der Waals surface area contributed by atoms with E-state index in [9.17, 15) is 0 Å². The van der Waals surface area contributed by atoms with Gasteiger partial charge in [0.1, 0.15) is 5.75 Å². The highest BCUT2D eigenvalue weighted by molar-refractivity contribution is 5.29. The Labute approximate surface area is 108 Å². The third-order valence-electron chi connectivity index (χ3n) is 2.82. The highest BCUT2D eigenvalue weighted by Gasteiger charge is 2.20. The van der Waals surface area contributed by atoms with Crippen LogP contribution in [-0.4, -0.2) is 25.6 Å². The molecular weight excluding hydrogens is 230 g/mol. The predicted octanol–water partition coefficient (Wildman–Crippen LogP) is 2.24. The van der Waals surface area contributed by atoms with Gasteiger partial charge >= 0.3 is 0 Å². The van der Waals surface area contributed by atoms with E-state index in [0.29, 0.717) is 19.6 Å². The van der Waals surface area contributed by atoms with Gasteiger partial charge in [0.2, 0.25) is 0 Å². The molecule has 1 atom stereocenters. The second-order valence-electron chi connectivity index (χ2n) is 4.75. The highest BCUT2D eigenvalue weighted by atomic mass is 16.7. The number of ether oxygens (including phenoxy) is 3. The van der Waals surface area contributed by atoms with Gasteiger partial charge in [-0.3, -0.25) is 0 Å². The summed E-state index contributed by atoms with van der Waals surface area (Å²) in [7, 11) is 0. The quantitative estimate of drug-likeness (QED) is 0.872. The first-order valence-corrected chi connectivity index (χ1v) is 6.40. The molecule has 1 aliphatic rings. The first-order chi connectivity index (χ1) is 8.65. The van der Waals surface area contributed by atoms with Gasteiger partial charge in [0.15, 0.2) is 6.29 Å². The van der Waals surface area contributed by atoms with E-state index in [4.69, 9.17) is 19.9 Å². The Morgan fingerprint density at radius 2 is 1.83 bits per heavy atom. The van der Waals surface area contributed by atoms with Crippen LogP contribution < -0.4 is 10.5 Å². The topological polar surface area (TPSA) is 53.7 Å². The van der Waals surface area contributed by atoms with Crippen molar-refractivity contribution in [3.05, 3.63) is 29.8 Å². The minimum atomic E-state index is -0.161. The lowest BCUT2D eigenvalue weighted by atomic mass is 10.0. The van der Waals surface area contributed by atoms with Gasteiger partial charge in [-0.05, 0) is 31.5 Å². The van der Waals surface area contributed by atoms with Crippen molar-refractivity contribution in [2.24, 2.45) is 5.73 Å². The second kappa shape index (κ2) is 6.18. The Balaban J connectivity index is 1.91. The molecule has 18 heavy (non-hydrogen) atoms. The third-order valence-corrected chi connectivity index (χ3v) is 2.82. The van der Waals surface area contributed by atoms with Gasteiger partial charge in [0.25, 0.3) is 0 Å². The van der Waals surface area contributed by atoms with Crippen LogP contribution in [-0.2, 0) is 9.47 Å². The molecule has 0 bridgehead atoms. The van der Waals surface area contributed by atoms with Crippen LogP contribution in [0.15, 0.2) is 24.3 Å². The molecule has 1 aromatic carbocycles. The minimum Gasteiger partial charge on any atom is -0.491 e. The van der Waals surface area contributed by atoms with E-state index in [0.717, 1.165) is 11.3 Å². The zero-order valence-electron chi connectivity index (χ0n) is 11.0. The molecule has 1 heterocycles. The molecule has 1 aliphatic heterocycles. The molecular formula is C14H21NO3. The number of rotatable bonds is 5. The van der Waals surface area contributed by atoms with Crippen molar-refractivity contribution in [1.29, 1.82) is 0 Å². The molecule has 0 saturated carbocycles. The molecule has 0 radical (unpaired) electrons. The minimum absolute atomic E-state index is 0.0683. The summed E-state index contributed by atoms with van der Waals surface area (Å²) in [6.45, 7) is 5.35. The maximum atomic E-state index is 6.13. The van der Waals surface area contributed by atoms with Gasteiger partial charge in [0.05, 0.1) is 19.3 Å². The zero-order chi connectivity index (χ0) is 13.0. The molecule has 0 spiro atoms. The second-order valence-corrected chi connectivity index (χ2v) is 4.75. The Bertz CT molecular complexity index is 358. The van der Waals surface area contributed by atoms with Crippen LogP contribution in [0.5, 0.6) is 5.75 Å². The van der Waals surface area contributed by atoms with E-state index in [1.165, 1.54) is 0 Å². The van der Waals surface area contributed by atoms with E-state index < -0.39 is 0 Å². The molecule has 4 heteroatoms. The smallest absolute Gasteiger partial charge is 0.159 e. The van der Waals surface area contributed by atoms with Gasteiger partial charge in [0, 0.05) is 12.5 Å². The molecule has 0 aliphatic carbocycles. The van der Waals surface area contributed by atoms with E-state index in [1.807, 2.05) is 38.1 Å². The predicted molar refractivity (Wildman–Crippen MR) is 69.4 cm³/mol. The van der Waals surface area contributed by atoms with Crippen molar-refractivity contribution < 1.29 is 14.2 Å². The van der Waals surface area contributed by atoms with Crippen LogP contribution >= 0.6 is 0 Å². The summed E-state index contributed by atoms with van der Waals surface area (Å²) in [4.78, 5) is 0. The van der Waals surface area contributed by atoms with Gasteiger partial charge in [-0.1, -0.05) is 12.1 Å². The van der Waals surface area contributed by atoms with Gasteiger partial charge < -0.3 is 19.9 Å². The number of hydrogen-bond acceptors (Lipinski definition) is 4. The molecule has 1 fully saturated rings. The van der Waals surface area contributed by atoms with Crippen LogP contribution in [0.4, 0.5) is 0 Å². The lowest BCUT2D eigenvalue weighted by Crippen LogP contribution is -2.19. The fourth-order valence-corrected chi connectivity index (χ4v) is 1.95. The monoisotopic (exact) mass is 251 g/mol. The highest BCUT2D eigenvalue weighted by Crippen LogP contribution is 2.22. The molecule has 100 valence electrons. The van der Waals surface area contributed by atoms with Crippen molar-refractivity contribution in [3.8, 4) is 5.75 Å². The average molecular weight is 251 g/mol. The van der Waals surface area contributed by atoms with Gasteiger partial charge in [-0.2, -0.15) is 0 Å². The lowest BCUT2D eigenvalue weighted by Gasteiger charge is -2.17. The first-order valence-electron chi connectivity index (χ1n) is 6.40. The van der Waals surface area contributed by atoms with Crippen LogP contribution in [0, 0.1) is 0 Å². The summed E-state index contributed by atoms with van der Waals surface area (Å²) in [5, 5.41) is 0. The van der Waals surface area contributed by atoms with Gasteiger partial charge in [-0.15, -0.1) is 0 Å². The Kier molecular flexibility index (Phi) is 4.58. The van der Waals surface area contributed by atoms with Crippen molar-refractivity contribution in [2.45, 2.75) is 38.7 Å². The fourth-order valence-electron chi connectivity index (χ4n) is 1.95. The molecule has 2 N–H and O–H groups in total. The summed E-state index contributed by atoms with van der Waals surface area (Å²) < 4.78 is 16.4. The Hall–Kier alpha value is -1.10. The van der Waals surface area contributed by atoms with Gasteiger partial charge in [-0.25, -0.2) is 0 Å². The van der Waals surface area contributed by atoms with Crippen molar-refractivity contribution in [1.82, 2.24) is 0 Å². The standard InChI is InChI=1S/C14H21NO3/c1-10(2)18-12-5-3-11(4-6-12)13(15)9-14-16-7-8-17-14/h3-6,10,13-14H,7-9,15H2,1-2H3. The summed E-state index contributed by atoms with van der Waals surface area (Å²) in [6, 6.07) is 7.83. The molecule has 4 nitrogen and oxygen atoms in total. The van der Waals surface area contributed by atoms with E-state index >= 15 is 0 Å². The summed E-state index contributed by atoms with van der Waals surface area (Å²) >= 11 is 0. The summed E-state index contributed by atoms with van der Waals surface area (Å²) in [5.74, 6) is 0.870. The number of hydrogen-bond donors (Lipinski definition) is 1. The number of benzene rings is 1. The largest absolute Gasteiger partial charge is 0.491 e. The first kappa shape index (κ1) is 13.3. The normalized spacial score (nSPS) is 18.2. The molecule has 2 rings (SSSR count). The molecule has 0 amide bonds. The molecule has 1 unspecified atom stereocenters. The van der Waals surface area contributed by atoms with Crippen molar-refractivity contribution in [2.75, 3.05) is 13.2 Å². The molecule has 1 saturated heterocycles. The Morgan fingerprint density at radius 3 is 2.39 bits per heavy atom. The molecule has 0 aromatic heterocycles. The fraction of sp³-hybridized carbons (Fsp3) is 0.571. The van der Waals surface area contributed by atoms with E-state index in [-0.39, 0.29) is 18.4 Å². The van der Waals surface area contributed by atoms with Crippen molar-refractivity contribution in [3.63, 3.8) is 0 Å². The van der Waals surface area contributed by atoms with Crippen LogP contribution in [0.3, 0.4) is 0 Å². The van der Waals surface area contributed by atoms with E-state index in [1.54, 1.807) is 0 Å². The zero-order valence-corrected chi connectivity index (χ0v) is 11.0. The van der Waals surface area contributed by atoms with Crippen LogP contribution in [0.2, 0.25) is 0 Å². The number of nitrogens with two attached hydrogens (primary N) is 1. The van der Waals surface area contributed by atoms with E-state index in [2.05, 4.69) is 0 Å². The van der Waals surface area contributed by atoms with Crippen LogP contribution in [0.25, 0.3) is 0 Å².